The van der Waals surface area contributed by atoms with E-state index in [0.29, 0.717) is 0 Å². The minimum absolute atomic E-state index is 0.742. The van der Waals surface area contributed by atoms with Gasteiger partial charge < -0.3 is 5.32 Å². The predicted molar refractivity (Wildman–Crippen MR) is 71.4 cm³/mol. The van der Waals surface area contributed by atoms with Gasteiger partial charge >= 0.3 is 0 Å². The Labute approximate surface area is 110 Å². The average molecular weight is 346 g/mol. The molecule has 0 atom stereocenters. The SMILES string of the molecule is CNc1nnc(-c2cc(Br)cc(Br)c2)n1C. The molecular formula is C10H10Br2N4. The van der Waals surface area contributed by atoms with Crippen LogP contribution < -0.4 is 5.32 Å². The van der Waals surface area contributed by atoms with Crippen molar-refractivity contribution in [2.45, 2.75) is 0 Å². The van der Waals surface area contributed by atoms with E-state index < -0.39 is 0 Å². The molecule has 6 heteroatoms. The Hall–Kier alpha value is -0.880. The largest absolute Gasteiger partial charge is 0.357 e. The molecule has 4 nitrogen and oxygen atoms in total. The third kappa shape index (κ3) is 2.12. The van der Waals surface area contributed by atoms with Crippen LogP contribution in [0, 0.1) is 0 Å². The molecule has 0 spiro atoms. The van der Waals surface area contributed by atoms with E-state index in [2.05, 4.69) is 47.4 Å². The van der Waals surface area contributed by atoms with Crippen LogP contribution in [0.15, 0.2) is 27.1 Å². The second-order valence-corrected chi connectivity index (χ2v) is 5.15. The fraction of sp³-hybridized carbons (Fsp3) is 0.200. The van der Waals surface area contributed by atoms with Crippen LogP contribution in [0.3, 0.4) is 0 Å². The van der Waals surface area contributed by atoms with Crippen molar-refractivity contribution in [3.8, 4) is 11.4 Å². The summed E-state index contributed by atoms with van der Waals surface area (Å²) < 4.78 is 3.92. The summed E-state index contributed by atoms with van der Waals surface area (Å²) in [6.45, 7) is 0. The van der Waals surface area contributed by atoms with E-state index in [-0.39, 0.29) is 0 Å². The number of nitrogens with one attached hydrogen (secondary N) is 1. The maximum absolute atomic E-state index is 4.15. The van der Waals surface area contributed by atoms with Gasteiger partial charge in [0.2, 0.25) is 5.95 Å². The summed E-state index contributed by atoms with van der Waals surface area (Å²) in [4.78, 5) is 0. The van der Waals surface area contributed by atoms with Gasteiger partial charge in [-0.2, -0.15) is 0 Å². The van der Waals surface area contributed by atoms with Crippen LogP contribution in [0.4, 0.5) is 5.95 Å². The van der Waals surface area contributed by atoms with Crippen molar-refractivity contribution in [3.05, 3.63) is 27.1 Å². The Kier molecular flexibility index (Phi) is 3.30. The highest BCUT2D eigenvalue weighted by Gasteiger charge is 2.10. The number of hydrogen-bond donors (Lipinski definition) is 1. The zero-order chi connectivity index (χ0) is 11.7. The van der Waals surface area contributed by atoms with Gasteiger partial charge in [-0.1, -0.05) is 31.9 Å². The molecule has 1 aromatic carbocycles. The molecule has 0 unspecified atom stereocenters. The van der Waals surface area contributed by atoms with Crippen molar-refractivity contribution < 1.29 is 0 Å². The molecule has 0 aliphatic heterocycles. The van der Waals surface area contributed by atoms with Gasteiger partial charge in [0.15, 0.2) is 5.82 Å². The Morgan fingerprint density at radius 1 is 1.12 bits per heavy atom. The van der Waals surface area contributed by atoms with Crippen LogP contribution in [0.1, 0.15) is 0 Å². The molecule has 2 rings (SSSR count). The highest BCUT2D eigenvalue weighted by Crippen LogP contribution is 2.27. The number of hydrogen-bond acceptors (Lipinski definition) is 3. The molecule has 16 heavy (non-hydrogen) atoms. The van der Waals surface area contributed by atoms with Crippen LogP contribution in [0.2, 0.25) is 0 Å². The van der Waals surface area contributed by atoms with Gasteiger partial charge in [0, 0.05) is 28.6 Å². The summed E-state index contributed by atoms with van der Waals surface area (Å²) in [6, 6.07) is 6.00. The number of anilines is 1. The summed E-state index contributed by atoms with van der Waals surface area (Å²) in [5, 5.41) is 11.2. The summed E-state index contributed by atoms with van der Waals surface area (Å²) >= 11 is 6.91. The van der Waals surface area contributed by atoms with Crippen molar-refractivity contribution >= 4 is 37.8 Å². The van der Waals surface area contributed by atoms with E-state index in [0.717, 1.165) is 26.3 Å². The molecule has 0 aliphatic carbocycles. The lowest BCUT2D eigenvalue weighted by Gasteiger charge is -2.04. The lowest BCUT2D eigenvalue weighted by atomic mass is 10.2. The topological polar surface area (TPSA) is 42.7 Å². The van der Waals surface area contributed by atoms with Gasteiger partial charge in [0.05, 0.1) is 0 Å². The lowest BCUT2D eigenvalue weighted by Crippen LogP contribution is -1.99. The Balaban J connectivity index is 2.54. The van der Waals surface area contributed by atoms with Gasteiger partial charge in [-0.25, -0.2) is 0 Å². The quantitative estimate of drug-likeness (QED) is 0.909. The molecule has 1 aromatic heterocycles. The second kappa shape index (κ2) is 4.55. The standard InChI is InChI=1S/C10H10Br2N4/c1-13-10-15-14-9(16(10)2)6-3-7(11)5-8(12)4-6/h3-5H,1-2H3,(H,13,15). The third-order valence-electron chi connectivity index (χ3n) is 2.22. The van der Waals surface area contributed by atoms with Crippen molar-refractivity contribution in [2.24, 2.45) is 7.05 Å². The number of rotatable bonds is 2. The first-order valence-corrected chi connectivity index (χ1v) is 6.24. The molecule has 2 aromatic rings. The summed E-state index contributed by atoms with van der Waals surface area (Å²) in [5.41, 5.74) is 1.01. The van der Waals surface area contributed by atoms with E-state index in [1.807, 2.05) is 36.9 Å². The maximum atomic E-state index is 4.15. The molecule has 0 saturated carbocycles. The number of aromatic nitrogens is 3. The third-order valence-corrected chi connectivity index (χ3v) is 3.13. The number of nitrogens with zero attached hydrogens (tertiary/aromatic N) is 3. The van der Waals surface area contributed by atoms with E-state index in [1.54, 1.807) is 0 Å². The molecule has 1 N–H and O–H groups in total. The number of halogens is 2. The maximum Gasteiger partial charge on any atom is 0.224 e. The van der Waals surface area contributed by atoms with Crippen LogP contribution in [0.5, 0.6) is 0 Å². The fourth-order valence-corrected chi connectivity index (χ4v) is 2.77. The van der Waals surface area contributed by atoms with E-state index in [4.69, 9.17) is 0 Å². The zero-order valence-corrected chi connectivity index (χ0v) is 12.0. The Morgan fingerprint density at radius 3 is 2.25 bits per heavy atom. The van der Waals surface area contributed by atoms with Gasteiger partial charge in [-0.15, -0.1) is 10.2 Å². The minimum atomic E-state index is 0.742. The van der Waals surface area contributed by atoms with Gasteiger partial charge in [0.1, 0.15) is 0 Å². The van der Waals surface area contributed by atoms with Crippen LogP contribution in [-0.4, -0.2) is 21.8 Å². The van der Waals surface area contributed by atoms with Crippen LogP contribution in [-0.2, 0) is 7.05 Å². The first kappa shape index (κ1) is 11.6. The second-order valence-electron chi connectivity index (χ2n) is 3.31. The Bertz CT molecular complexity index is 501. The highest BCUT2D eigenvalue weighted by molar-refractivity contribution is 9.11. The normalized spacial score (nSPS) is 10.5. The molecule has 0 amide bonds. The van der Waals surface area contributed by atoms with Crippen molar-refractivity contribution in [2.75, 3.05) is 12.4 Å². The molecule has 0 bridgehead atoms. The molecule has 0 fully saturated rings. The molecule has 84 valence electrons. The summed E-state index contributed by atoms with van der Waals surface area (Å²) in [6.07, 6.45) is 0. The van der Waals surface area contributed by atoms with Crippen molar-refractivity contribution in [1.29, 1.82) is 0 Å². The summed E-state index contributed by atoms with van der Waals surface area (Å²) in [7, 11) is 3.75. The van der Waals surface area contributed by atoms with Crippen LogP contribution in [0.25, 0.3) is 11.4 Å². The lowest BCUT2D eigenvalue weighted by molar-refractivity contribution is 0.925. The monoisotopic (exact) mass is 344 g/mol. The fourth-order valence-electron chi connectivity index (χ4n) is 1.48. The average Bonchev–Trinajstić information content (AvgIpc) is 2.58. The van der Waals surface area contributed by atoms with Gasteiger partial charge in [0.25, 0.3) is 0 Å². The van der Waals surface area contributed by atoms with E-state index in [1.165, 1.54) is 0 Å². The molecule has 0 aliphatic rings. The smallest absolute Gasteiger partial charge is 0.224 e. The van der Waals surface area contributed by atoms with Crippen molar-refractivity contribution in [1.82, 2.24) is 14.8 Å². The van der Waals surface area contributed by atoms with Gasteiger partial charge in [-0.05, 0) is 18.2 Å². The first-order chi connectivity index (χ1) is 7.61. The molecule has 0 radical (unpaired) electrons. The molecule has 0 saturated heterocycles. The number of benzene rings is 1. The van der Waals surface area contributed by atoms with Crippen molar-refractivity contribution in [3.63, 3.8) is 0 Å². The highest BCUT2D eigenvalue weighted by atomic mass is 79.9. The molecular weight excluding hydrogens is 336 g/mol. The minimum Gasteiger partial charge on any atom is -0.357 e. The van der Waals surface area contributed by atoms with E-state index in [9.17, 15) is 0 Å². The Morgan fingerprint density at radius 2 is 1.75 bits per heavy atom. The van der Waals surface area contributed by atoms with Crippen LogP contribution >= 0.6 is 31.9 Å². The first-order valence-electron chi connectivity index (χ1n) is 4.65. The summed E-state index contributed by atoms with van der Waals surface area (Å²) in [5.74, 6) is 1.57. The zero-order valence-electron chi connectivity index (χ0n) is 8.83. The van der Waals surface area contributed by atoms with E-state index >= 15 is 0 Å². The van der Waals surface area contributed by atoms with Gasteiger partial charge in [-0.3, -0.25) is 4.57 Å². The predicted octanol–water partition coefficient (Wildman–Crippen LogP) is 3.05. The molecule has 1 heterocycles.